The molecule has 2 atom stereocenters. The summed E-state index contributed by atoms with van der Waals surface area (Å²) in [4.78, 5) is 38.1. The van der Waals surface area contributed by atoms with Crippen molar-refractivity contribution in [3.8, 4) is 0 Å². The van der Waals surface area contributed by atoms with Crippen LogP contribution in [0.15, 0.2) is 0 Å². The van der Waals surface area contributed by atoms with Gasteiger partial charge >= 0.3 is 6.03 Å². The van der Waals surface area contributed by atoms with Crippen LogP contribution in [0.1, 0.15) is 59.8 Å². The number of carbonyl (C=O) groups excluding carboxylic acids is 3. The quantitative estimate of drug-likeness (QED) is 0.777. The molecule has 1 aliphatic heterocycles. The Kier molecular flexibility index (Phi) is 4.49. The van der Waals surface area contributed by atoms with E-state index in [9.17, 15) is 14.4 Å². The van der Waals surface area contributed by atoms with Crippen LogP contribution in [0.5, 0.6) is 0 Å². The molecule has 6 heteroatoms. The summed E-state index contributed by atoms with van der Waals surface area (Å²) >= 11 is 0. The first-order valence-electron chi connectivity index (χ1n) is 8.17. The maximum absolute atomic E-state index is 12.7. The predicted octanol–water partition coefficient (Wildman–Crippen LogP) is 1.79. The van der Waals surface area contributed by atoms with Crippen molar-refractivity contribution in [2.75, 3.05) is 6.54 Å². The van der Waals surface area contributed by atoms with Crippen LogP contribution in [0.2, 0.25) is 0 Å². The van der Waals surface area contributed by atoms with Crippen LogP contribution >= 0.6 is 0 Å². The molecule has 2 aliphatic rings. The summed E-state index contributed by atoms with van der Waals surface area (Å²) in [7, 11) is 0. The highest BCUT2D eigenvalue weighted by atomic mass is 16.2. The minimum Gasteiger partial charge on any atom is -0.350 e. The molecular formula is C16H27N3O3. The summed E-state index contributed by atoms with van der Waals surface area (Å²) in [5.74, 6) is -0.428. The van der Waals surface area contributed by atoms with Crippen molar-refractivity contribution in [2.24, 2.45) is 5.92 Å². The van der Waals surface area contributed by atoms with Crippen molar-refractivity contribution in [3.05, 3.63) is 0 Å². The fourth-order valence-corrected chi connectivity index (χ4v) is 3.29. The molecule has 0 aromatic heterocycles. The second-order valence-electron chi connectivity index (χ2n) is 7.23. The van der Waals surface area contributed by atoms with Crippen molar-refractivity contribution in [3.63, 3.8) is 0 Å². The van der Waals surface area contributed by atoms with Gasteiger partial charge in [-0.15, -0.1) is 0 Å². The molecule has 6 nitrogen and oxygen atoms in total. The Morgan fingerprint density at radius 3 is 2.68 bits per heavy atom. The maximum atomic E-state index is 12.7. The van der Waals surface area contributed by atoms with E-state index < -0.39 is 11.6 Å². The van der Waals surface area contributed by atoms with E-state index in [0.717, 1.165) is 30.6 Å². The lowest BCUT2D eigenvalue weighted by Crippen LogP contribution is -2.54. The van der Waals surface area contributed by atoms with Gasteiger partial charge in [-0.25, -0.2) is 4.79 Å². The van der Waals surface area contributed by atoms with Crippen LogP contribution in [-0.2, 0) is 9.59 Å². The fourth-order valence-electron chi connectivity index (χ4n) is 3.29. The highest BCUT2D eigenvalue weighted by Gasteiger charge is 2.55. The van der Waals surface area contributed by atoms with Crippen molar-refractivity contribution in [1.82, 2.24) is 15.5 Å². The van der Waals surface area contributed by atoms with E-state index >= 15 is 0 Å². The van der Waals surface area contributed by atoms with Crippen LogP contribution in [0.3, 0.4) is 0 Å². The Hall–Kier alpha value is -1.59. The summed E-state index contributed by atoms with van der Waals surface area (Å²) in [6, 6.07) is -0.441. The molecule has 2 rings (SSSR count). The summed E-state index contributed by atoms with van der Waals surface area (Å²) in [5.41, 5.74) is -1.14. The van der Waals surface area contributed by atoms with Crippen molar-refractivity contribution in [2.45, 2.75) is 70.9 Å². The number of nitrogens with zero attached hydrogens (tertiary/aromatic N) is 1. The first-order valence-corrected chi connectivity index (χ1v) is 8.17. The molecule has 0 radical (unpaired) electrons. The third kappa shape index (κ3) is 2.96. The summed E-state index contributed by atoms with van der Waals surface area (Å²) in [6.45, 7) is 7.61. The molecule has 124 valence electrons. The molecule has 1 saturated heterocycles. The van der Waals surface area contributed by atoms with Crippen LogP contribution in [0.4, 0.5) is 4.79 Å². The maximum Gasteiger partial charge on any atom is 0.325 e. The minimum absolute atomic E-state index is 0.109. The number of hydrogen-bond donors (Lipinski definition) is 2. The van der Waals surface area contributed by atoms with Gasteiger partial charge in [-0.1, -0.05) is 26.7 Å². The average Bonchev–Trinajstić information content (AvgIpc) is 2.67. The zero-order valence-corrected chi connectivity index (χ0v) is 14.0. The molecule has 2 fully saturated rings. The van der Waals surface area contributed by atoms with Gasteiger partial charge in [-0.05, 0) is 39.0 Å². The number of amides is 4. The third-order valence-electron chi connectivity index (χ3n) is 5.16. The van der Waals surface area contributed by atoms with Crippen LogP contribution in [0.25, 0.3) is 0 Å². The summed E-state index contributed by atoms with van der Waals surface area (Å²) in [5, 5.41) is 5.72. The standard InChI is InChI=1S/C16H27N3O3/c1-5-15(3,4)17-12(20)10-19-13(21)16(18-14(19)22)9-7-6-8-11(16)2/h11H,5-10H2,1-4H3,(H,17,20)(H,18,22)/t11-,16+/m0/s1. The van der Waals surface area contributed by atoms with Crippen molar-refractivity contribution >= 4 is 17.8 Å². The Morgan fingerprint density at radius 2 is 2.09 bits per heavy atom. The minimum atomic E-state index is -0.796. The highest BCUT2D eigenvalue weighted by molar-refractivity contribution is 6.09. The van der Waals surface area contributed by atoms with Gasteiger partial charge in [-0.2, -0.15) is 0 Å². The van der Waals surface area contributed by atoms with Gasteiger partial charge in [0.1, 0.15) is 12.1 Å². The number of imide groups is 1. The van der Waals surface area contributed by atoms with Gasteiger partial charge in [-0.3, -0.25) is 14.5 Å². The molecule has 0 unspecified atom stereocenters. The van der Waals surface area contributed by atoms with Gasteiger partial charge in [0.15, 0.2) is 0 Å². The zero-order chi connectivity index (χ0) is 16.5. The highest BCUT2D eigenvalue weighted by Crippen LogP contribution is 2.38. The van der Waals surface area contributed by atoms with E-state index in [1.165, 1.54) is 0 Å². The largest absolute Gasteiger partial charge is 0.350 e. The molecule has 0 aromatic carbocycles. The lowest BCUT2D eigenvalue weighted by Gasteiger charge is -2.36. The summed E-state index contributed by atoms with van der Waals surface area (Å²) in [6.07, 6.45) is 4.38. The van der Waals surface area contributed by atoms with Gasteiger partial charge in [0.05, 0.1) is 0 Å². The van der Waals surface area contributed by atoms with E-state index in [1.807, 2.05) is 27.7 Å². The monoisotopic (exact) mass is 309 g/mol. The van der Waals surface area contributed by atoms with Crippen molar-refractivity contribution < 1.29 is 14.4 Å². The second-order valence-corrected chi connectivity index (χ2v) is 7.23. The van der Waals surface area contributed by atoms with Gasteiger partial charge in [0, 0.05) is 5.54 Å². The molecule has 1 spiro atoms. The van der Waals surface area contributed by atoms with E-state index in [2.05, 4.69) is 10.6 Å². The van der Waals surface area contributed by atoms with Crippen LogP contribution in [0, 0.1) is 5.92 Å². The molecule has 1 heterocycles. The second kappa shape index (κ2) is 5.89. The molecule has 22 heavy (non-hydrogen) atoms. The Balaban J connectivity index is 2.08. The fraction of sp³-hybridized carbons (Fsp3) is 0.812. The normalized spacial score (nSPS) is 28.9. The first kappa shape index (κ1) is 16.8. The Labute approximate surface area is 132 Å². The van der Waals surface area contributed by atoms with E-state index in [4.69, 9.17) is 0 Å². The molecule has 1 aliphatic carbocycles. The molecule has 0 bridgehead atoms. The Morgan fingerprint density at radius 1 is 1.41 bits per heavy atom. The van der Waals surface area contributed by atoms with Gasteiger partial charge < -0.3 is 10.6 Å². The Bertz CT molecular complexity index is 489. The first-order chi connectivity index (χ1) is 10.2. The number of nitrogens with one attached hydrogen (secondary N) is 2. The van der Waals surface area contributed by atoms with Crippen LogP contribution in [-0.4, -0.2) is 40.4 Å². The lowest BCUT2D eigenvalue weighted by atomic mass is 9.73. The van der Waals surface area contributed by atoms with Gasteiger partial charge in [0.25, 0.3) is 5.91 Å². The zero-order valence-electron chi connectivity index (χ0n) is 14.0. The van der Waals surface area contributed by atoms with E-state index in [0.29, 0.717) is 6.42 Å². The van der Waals surface area contributed by atoms with Crippen LogP contribution < -0.4 is 10.6 Å². The third-order valence-corrected chi connectivity index (χ3v) is 5.16. The number of hydrogen-bond acceptors (Lipinski definition) is 3. The molecule has 0 aromatic rings. The SMILES string of the molecule is CCC(C)(C)NC(=O)CN1C(=O)N[C@@]2(CCCC[C@@H]2C)C1=O. The number of rotatable bonds is 4. The molecule has 4 amide bonds. The number of urea groups is 1. The molecular weight excluding hydrogens is 282 g/mol. The molecule has 2 N–H and O–H groups in total. The van der Waals surface area contributed by atoms with E-state index in [-0.39, 0.29) is 29.8 Å². The average molecular weight is 309 g/mol. The van der Waals surface area contributed by atoms with E-state index in [1.54, 1.807) is 0 Å². The number of carbonyl (C=O) groups is 3. The molecule has 1 saturated carbocycles. The summed E-state index contributed by atoms with van der Waals surface area (Å²) < 4.78 is 0. The predicted molar refractivity (Wildman–Crippen MR) is 83.1 cm³/mol. The smallest absolute Gasteiger partial charge is 0.325 e. The topological polar surface area (TPSA) is 78.5 Å². The van der Waals surface area contributed by atoms with Gasteiger partial charge in [0.2, 0.25) is 5.91 Å². The van der Waals surface area contributed by atoms with Crippen molar-refractivity contribution in [1.29, 1.82) is 0 Å². The lowest BCUT2D eigenvalue weighted by molar-refractivity contribution is -0.137.